The zero-order valence-electron chi connectivity index (χ0n) is 11.5. The van der Waals surface area contributed by atoms with E-state index in [2.05, 4.69) is 21.0 Å². The lowest BCUT2D eigenvalue weighted by molar-refractivity contribution is 0.279. The number of aromatic nitrogens is 2. The Morgan fingerprint density at radius 1 is 1.40 bits per heavy atom. The number of anilines is 1. The van der Waals surface area contributed by atoms with Crippen LogP contribution in [0.2, 0.25) is 0 Å². The van der Waals surface area contributed by atoms with Gasteiger partial charge in [-0.15, -0.1) is 0 Å². The lowest BCUT2D eigenvalue weighted by atomic mass is 10.3. The van der Waals surface area contributed by atoms with Gasteiger partial charge >= 0.3 is 0 Å². The standard InChI is InChI=1S/C14H17BrFN3O/c1-3-11-13(15)12(19(4-2)18-11)8-20-14-9(16)6-5-7-10(14)17/h5-7H,3-4,8,17H2,1-2H3. The molecule has 2 aromatic rings. The van der Waals surface area contributed by atoms with Crippen molar-refractivity contribution in [3.63, 3.8) is 0 Å². The largest absolute Gasteiger partial charge is 0.482 e. The first-order valence-corrected chi connectivity index (χ1v) is 7.28. The SMILES string of the molecule is CCc1nn(CC)c(COc2c(N)cccc2F)c1Br. The van der Waals surface area contributed by atoms with Gasteiger partial charge < -0.3 is 10.5 Å². The maximum atomic E-state index is 13.7. The van der Waals surface area contributed by atoms with Crippen LogP contribution in [0.5, 0.6) is 5.75 Å². The second-order valence-corrected chi connectivity index (χ2v) is 5.12. The molecular formula is C14H17BrFN3O. The van der Waals surface area contributed by atoms with Crippen LogP contribution in [0.1, 0.15) is 25.2 Å². The Hall–Kier alpha value is -1.56. The molecule has 0 saturated carbocycles. The third kappa shape index (κ3) is 2.80. The molecule has 0 radical (unpaired) electrons. The normalized spacial score (nSPS) is 10.8. The number of hydrogen-bond acceptors (Lipinski definition) is 3. The van der Waals surface area contributed by atoms with Crippen LogP contribution in [-0.4, -0.2) is 9.78 Å². The van der Waals surface area contributed by atoms with Crippen LogP contribution < -0.4 is 10.5 Å². The van der Waals surface area contributed by atoms with Gasteiger partial charge in [0.1, 0.15) is 6.61 Å². The van der Waals surface area contributed by atoms with Gasteiger partial charge in [0, 0.05) is 6.54 Å². The van der Waals surface area contributed by atoms with Crippen LogP contribution in [0.15, 0.2) is 22.7 Å². The molecule has 4 nitrogen and oxygen atoms in total. The molecule has 2 rings (SSSR count). The molecule has 1 aromatic carbocycles. The number of benzene rings is 1. The number of ether oxygens (including phenoxy) is 1. The van der Waals surface area contributed by atoms with Crippen LogP contribution in [0.4, 0.5) is 10.1 Å². The van der Waals surface area contributed by atoms with Crippen molar-refractivity contribution in [2.45, 2.75) is 33.4 Å². The number of aryl methyl sites for hydroxylation is 2. The molecular weight excluding hydrogens is 325 g/mol. The van der Waals surface area contributed by atoms with Gasteiger partial charge in [0.25, 0.3) is 0 Å². The van der Waals surface area contributed by atoms with Crippen LogP contribution in [0.3, 0.4) is 0 Å². The average Bonchev–Trinajstić information content (AvgIpc) is 2.74. The second-order valence-electron chi connectivity index (χ2n) is 4.32. The Kier molecular flexibility index (Phi) is 4.65. The molecule has 1 aromatic heterocycles. The van der Waals surface area contributed by atoms with E-state index in [-0.39, 0.29) is 12.4 Å². The van der Waals surface area contributed by atoms with Crippen molar-refractivity contribution in [3.05, 3.63) is 39.9 Å². The fourth-order valence-electron chi connectivity index (χ4n) is 1.97. The summed E-state index contributed by atoms with van der Waals surface area (Å²) >= 11 is 3.53. The van der Waals surface area contributed by atoms with Gasteiger partial charge in [0.2, 0.25) is 0 Å². The molecule has 0 spiro atoms. The summed E-state index contributed by atoms with van der Waals surface area (Å²) in [5.74, 6) is -0.374. The highest BCUT2D eigenvalue weighted by Crippen LogP contribution is 2.28. The second kappa shape index (κ2) is 6.26. The van der Waals surface area contributed by atoms with E-state index in [0.29, 0.717) is 5.69 Å². The van der Waals surface area contributed by atoms with Crippen molar-refractivity contribution in [1.82, 2.24) is 9.78 Å². The zero-order valence-corrected chi connectivity index (χ0v) is 13.1. The summed E-state index contributed by atoms with van der Waals surface area (Å²) in [7, 11) is 0. The van der Waals surface area contributed by atoms with Gasteiger partial charge in [-0.05, 0) is 41.4 Å². The zero-order chi connectivity index (χ0) is 14.7. The Labute approximate surface area is 125 Å². The molecule has 0 atom stereocenters. The number of para-hydroxylation sites is 1. The quantitative estimate of drug-likeness (QED) is 0.846. The van der Waals surface area contributed by atoms with Gasteiger partial charge in [-0.3, -0.25) is 4.68 Å². The predicted molar refractivity (Wildman–Crippen MR) is 80.1 cm³/mol. The molecule has 0 amide bonds. The van der Waals surface area contributed by atoms with Crippen molar-refractivity contribution in [2.24, 2.45) is 0 Å². The molecule has 20 heavy (non-hydrogen) atoms. The Bertz CT molecular complexity index is 592. The summed E-state index contributed by atoms with van der Waals surface area (Å²) in [4.78, 5) is 0. The summed E-state index contributed by atoms with van der Waals surface area (Å²) < 4.78 is 22.0. The lowest BCUT2D eigenvalue weighted by Crippen LogP contribution is -2.08. The summed E-state index contributed by atoms with van der Waals surface area (Å²) in [6, 6.07) is 4.50. The van der Waals surface area contributed by atoms with E-state index < -0.39 is 5.82 Å². The van der Waals surface area contributed by atoms with Crippen molar-refractivity contribution in [3.8, 4) is 5.75 Å². The highest BCUT2D eigenvalue weighted by molar-refractivity contribution is 9.10. The van der Waals surface area contributed by atoms with Crippen molar-refractivity contribution in [1.29, 1.82) is 0 Å². The van der Waals surface area contributed by atoms with E-state index in [0.717, 1.165) is 28.8 Å². The van der Waals surface area contributed by atoms with E-state index in [4.69, 9.17) is 10.5 Å². The number of halogens is 2. The molecule has 0 aliphatic carbocycles. The average molecular weight is 342 g/mol. The van der Waals surface area contributed by atoms with E-state index in [9.17, 15) is 4.39 Å². The molecule has 6 heteroatoms. The van der Waals surface area contributed by atoms with Crippen LogP contribution in [0.25, 0.3) is 0 Å². The van der Waals surface area contributed by atoms with E-state index in [1.54, 1.807) is 12.1 Å². The van der Waals surface area contributed by atoms with Crippen LogP contribution >= 0.6 is 15.9 Å². The maximum Gasteiger partial charge on any atom is 0.178 e. The van der Waals surface area contributed by atoms with Gasteiger partial charge in [-0.25, -0.2) is 4.39 Å². The monoisotopic (exact) mass is 341 g/mol. The first-order chi connectivity index (χ1) is 9.58. The fourth-order valence-corrected chi connectivity index (χ4v) is 2.65. The van der Waals surface area contributed by atoms with Gasteiger partial charge in [-0.2, -0.15) is 5.10 Å². The summed E-state index contributed by atoms with van der Waals surface area (Å²) in [5.41, 5.74) is 7.86. The number of hydrogen-bond donors (Lipinski definition) is 1. The molecule has 0 bridgehead atoms. The van der Waals surface area contributed by atoms with Gasteiger partial charge in [0.15, 0.2) is 11.6 Å². The van der Waals surface area contributed by atoms with Crippen LogP contribution in [0, 0.1) is 5.82 Å². The first kappa shape index (κ1) is 14.8. The molecule has 2 N–H and O–H groups in total. The van der Waals surface area contributed by atoms with Crippen LogP contribution in [-0.2, 0) is 19.6 Å². The minimum Gasteiger partial charge on any atom is -0.482 e. The maximum absolute atomic E-state index is 13.7. The van der Waals surface area contributed by atoms with Crippen molar-refractivity contribution >= 4 is 21.6 Å². The molecule has 1 heterocycles. The Morgan fingerprint density at radius 2 is 2.15 bits per heavy atom. The third-order valence-corrected chi connectivity index (χ3v) is 3.96. The van der Waals surface area contributed by atoms with Gasteiger partial charge in [0.05, 0.1) is 21.5 Å². The highest BCUT2D eigenvalue weighted by atomic mass is 79.9. The summed E-state index contributed by atoms with van der Waals surface area (Å²) in [6.07, 6.45) is 0.822. The van der Waals surface area contributed by atoms with Crippen molar-refractivity contribution in [2.75, 3.05) is 5.73 Å². The minimum absolute atomic E-state index is 0.0845. The molecule has 0 aliphatic rings. The molecule has 0 aliphatic heterocycles. The molecule has 108 valence electrons. The Morgan fingerprint density at radius 3 is 2.75 bits per heavy atom. The topological polar surface area (TPSA) is 53.1 Å². The summed E-state index contributed by atoms with van der Waals surface area (Å²) in [5, 5.41) is 4.47. The molecule has 0 unspecified atom stereocenters. The van der Waals surface area contributed by atoms with E-state index >= 15 is 0 Å². The molecule has 0 fully saturated rings. The summed E-state index contributed by atoms with van der Waals surface area (Å²) in [6.45, 7) is 4.98. The molecule has 0 saturated heterocycles. The predicted octanol–water partition coefficient (Wildman–Crippen LogP) is 3.53. The van der Waals surface area contributed by atoms with E-state index in [1.807, 2.05) is 18.5 Å². The highest BCUT2D eigenvalue weighted by Gasteiger charge is 2.16. The number of nitrogens with zero attached hydrogens (tertiary/aromatic N) is 2. The number of rotatable bonds is 5. The fraction of sp³-hybridized carbons (Fsp3) is 0.357. The van der Waals surface area contributed by atoms with Gasteiger partial charge in [-0.1, -0.05) is 13.0 Å². The number of nitrogen functional groups attached to an aromatic ring is 1. The minimum atomic E-state index is -0.459. The number of nitrogens with two attached hydrogens (primary N) is 1. The Balaban J connectivity index is 2.25. The smallest absolute Gasteiger partial charge is 0.178 e. The lowest BCUT2D eigenvalue weighted by Gasteiger charge is -2.11. The third-order valence-electron chi connectivity index (χ3n) is 3.04. The first-order valence-electron chi connectivity index (χ1n) is 6.49. The van der Waals surface area contributed by atoms with Crippen molar-refractivity contribution < 1.29 is 9.13 Å². The van der Waals surface area contributed by atoms with E-state index in [1.165, 1.54) is 6.07 Å².